The van der Waals surface area contributed by atoms with Crippen LogP contribution in [0.1, 0.15) is 40.0 Å². The highest BCUT2D eigenvalue weighted by atomic mass is 19.1. The molecule has 104 valence electrons. The van der Waals surface area contributed by atoms with E-state index in [1.54, 1.807) is 0 Å². The van der Waals surface area contributed by atoms with E-state index >= 15 is 0 Å². The lowest BCUT2D eigenvalue weighted by atomic mass is 10.0. The van der Waals surface area contributed by atoms with Gasteiger partial charge in [-0.2, -0.15) is 0 Å². The van der Waals surface area contributed by atoms with Gasteiger partial charge in [-0.3, -0.25) is 0 Å². The van der Waals surface area contributed by atoms with Crippen LogP contribution in [0.5, 0.6) is 0 Å². The number of rotatable bonds is 2. The number of carbonyl (C=O) groups excluding carboxylic acids is 1. The number of nitrogens with zero attached hydrogens (tertiary/aromatic N) is 1. The van der Waals surface area contributed by atoms with Gasteiger partial charge in [-0.25, -0.2) is 9.18 Å². The number of carbonyl (C=O) groups is 1. The fourth-order valence-electron chi connectivity index (χ4n) is 2.14. The molecule has 0 spiro atoms. The predicted molar refractivity (Wildman–Crippen MR) is 67.3 cm³/mol. The molecule has 2 fully saturated rings. The molecule has 2 rings (SSSR count). The highest BCUT2D eigenvalue weighted by Crippen LogP contribution is 2.24. The lowest BCUT2D eigenvalue weighted by Crippen LogP contribution is -2.53. The van der Waals surface area contributed by atoms with Gasteiger partial charge in [0.25, 0.3) is 0 Å². The Morgan fingerprint density at radius 2 is 2.00 bits per heavy atom. The second kappa shape index (κ2) is 5.03. The van der Waals surface area contributed by atoms with Crippen LogP contribution in [0.3, 0.4) is 0 Å². The maximum absolute atomic E-state index is 14.0. The summed E-state index contributed by atoms with van der Waals surface area (Å²) in [7, 11) is 0. The minimum absolute atomic E-state index is 0.101. The van der Waals surface area contributed by atoms with Crippen LogP contribution in [0.4, 0.5) is 9.18 Å². The monoisotopic (exact) mass is 258 g/mol. The van der Waals surface area contributed by atoms with Gasteiger partial charge in [-0.15, -0.1) is 0 Å². The van der Waals surface area contributed by atoms with Gasteiger partial charge in [0, 0.05) is 18.6 Å². The summed E-state index contributed by atoms with van der Waals surface area (Å²) in [5, 5.41) is 3.30. The zero-order valence-electron chi connectivity index (χ0n) is 11.4. The molecule has 1 aliphatic carbocycles. The molecule has 1 aliphatic heterocycles. The average Bonchev–Trinajstić information content (AvgIpc) is 3.02. The molecule has 0 unspecified atom stereocenters. The van der Waals surface area contributed by atoms with Crippen molar-refractivity contribution in [3.05, 3.63) is 0 Å². The molecule has 18 heavy (non-hydrogen) atoms. The summed E-state index contributed by atoms with van der Waals surface area (Å²) in [6, 6.07) is 0.400. The minimum Gasteiger partial charge on any atom is -0.444 e. The van der Waals surface area contributed by atoms with E-state index in [1.807, 2.05) is 20.8 Å². The number of alkyl halides is 1. The Morgan fingerprint density at radius 3 is 2.50 bits per heavy atom. The SMILES string of the molecule is CC(C)(C)OC(=O)N1CC[C@@H](NC2CC2)[C@H](F)C1. The second-order valence-electron chi connectivity index (χ2n) is 6.28. The summed E-state index contributed by atoms with van der Waals surface area (Å²) < 4.78 is 19.2. The first-order valence-corrected chi connectivity index (χ1v) is 6.73. The van der Waals surface area contributed by atoms with Crippen LogP contribution in [-0.2, 0) is 4.74 Å². The van der Waals surface area contributed by atoms with E-state index in [0.717, 1.165) is 12.8 Å². The summed E-state index contributed by atoms with van der Waals surface area (Å²) >= 11 is 0. The van der Waals surface area contributed by atoms with Crippen LogP contribution < -0.4 is 5.32 Å². The third-order valence-corrected chi connectivity index (χ3v) is 3.22. The van der Waals surface area contributed by atoms with E-state index in [1.165, 1.54) is 4.90 Å². The molecule has 1 heterocycles. The third kappa shape index (κ3) is 3.83. The van der Waals surface area contributed by atoms with Crippen LogP contribution in [0.25, 0.3) is 0 Å². The van der Waals surface area contributed by atoms with Crippen molar-refractivity contribution in [2.45, 2.75) is 63.9 Å². The highest BCUT2D eigenvalue weighted by Gasteiger charge is 2.36. The summed E-state index contributed by atoms with van der Waals surface area (Å²) in [5.74, 6) is 0. The van der Waals surface area contributed by atoms with E-state index in [9.17, 15) is 9.18 Å². The number of ether oxygens (including phenoxy) is 1. The lowest BCUT2D eigenvalue weighted by molar-refractivity contribution is 0.00936. The van der Waals surface area contributed by atoms with Gasteiger partial charge >= 0.3 is 6.09 Å². The molecular weight excluding hydrogens is 235 g/mol. The Hall–Kier alpha value is -0.840. The summed E-state index contributed by atoms with van der Waals surface area (Å²) in [5.41, 5.74) is -0.522. The van der Waals surface area contributed by atoms with Gasteiger partial charge in [0.15, 0.2) is 0 Å². The molecule has 4 nitrogen and oxygen atoms in total. The molecule has 5 heteroatoms. The predicted octanol–water partition coefficient (Wildman–Crippen LogP) is 2.09. The standard InChI is InChI=1S/C13H23FN2O2/c1-13(2,3)18-12(17)16-7-6-11(10(14)8-16)15-9-4-5-9/h9-11,15H,4-8H2,1-3H3/t10-,11-/m1/s1. The number of halogens is 1. The summed E-state index contributed by atoms with van der Waals surface area (Å²) in [6.07, 6.45) is 1.57. The van der Waals surface area contributed by atoms with Crippen LogP contribution in [0, 0.1) is 0 Å². The van der Waals surface area contributed by atoms with Gasteiger partial charge in [0.05, 0.1) is 6.54 Å². The Kier molecular flexibility index (Phi) is 3.80. The van der Waals surface area contributed by atoms with Gasteiger partial charge in [-0.1, -0.05) is 0 Å². The zero-order valence-corrected chi connectivity index (χ0v) is 11.4. The van der Waals surface area contributed by atoms with Crippen LogP contribution in [-0.4, -0.2) is 47.9 Å². The lowest BCUT2D eigenvalue weighted by Gasteiger charge is -2.36. The molecule has 1 N–H and O–H groups in total. The molecule has 0 aromatic carbocycles. The van der Waals surface area contributed by atoms with Crippen LogP contribution in [0.2, 0.25) is 0 Å². The molecule has 2 atom stereocenters. The van der Waals surface area contributed by atoms with Crippen molar-refractivity contribution in [2.24, 2.45) is 0 Å². The molecule has 0 radical (unpaired) electrons. The van der Waals surface area contributed by atoms with Gasteiger partial charge < -0.3 is 15.0 Å². The van der Waals surface area contributed by atoms with Crippen LogP contribution >= 0.6 is 0 Å². The second-order valence-corrected chi connectivity index (χ2v) is 6.28. The van der Waals surface area contributed by atoms with Gasteiger partial charge in [0.2, 0.25) is 0 Å². The first-order valence-electron chi connectivity index (χ1n) is 6.73. The number of nitrogens with one attached hydrogen (secondary N) is 1. The number of likely N-dealkylation sites (tertiary alicyclic amines) is 1. The first kappa shape index (κ1) is 13.6. The van der Waals surface area contributed by atoms with Crippen molar-refractivity contribution >= 4 is 6.09 Å². The maximum atomic E-state index is 14.0. The normalized spacial score (nSPS) is 29.2. The molecule has 0 aromatic rings. The molecule has 0 bridgehead atoms. The van der Waals surface area contributed by atoms with E-state index in [2.05, 4.69) is 5.32 Å². The topological polar surface area (TPSA) is 41.6 Å². The average molecular weight is 258 g/mol. The summed E-state index contributed by atoms with van der Waals surface area (Å²) in [4.78, 5) is 13.3. The smallest absolute Gasteiger partial charge is 0.410 e. The quantitative estimate of drug-likeness (QED) is 0.824. The largest absolute Gasteiger partial charge is 0.444 e. The van der Waals surface area contributed by atoms with Crippen molar-refractivity contribution in [1.29, 1.82) is 0 Å². The van der Waals surface area contributed by atoms with Crippen LogP contribution in [0.15, 0.2) is 0 Å². The molecule has 2 aliphatic rings. The number of hydrogen-bond acceptors (Lipinski definition) is 3. The Morgan fingerprint density at radius 1 is 1.33 bits per heavy atom. The Labute approximate surface area is 108 Å². The summed E-state index contributed by atoms with van der Waals surface area (Å²) in [6.45, 7) is 6.16. The van der Waals surface area contributed by atoms with Crippen molar-refractivity contribution in [2.75, 3.05) is 13.1 Å². The first-order chi connectivity index (χ1) is 8.35. The van der Waals surface area contributed by atoms with E-state index in [-0.39, 0.29) is 12.6 Å². The van der Waals surface area contributed by atoms with E-state index in [0.29, 0.717) is 19.0 Å². The van der Waals surface area contributed by atoms with Gasteiger partial charge in [0.1, 0.15) is 11.8 Å². The third-order valence-electron chi connectivity index (χ3n) is 3.22. The highest BCUT2D eigenvalue weighted by molar-refractivity contribution is 5.68. The molecular formula is C13H23FN2O2. The molecule has 0 aromatic heterocycles. The fraction of sp³-hybridized carbons (Fsp3) is 0.923. The zero-order chi connectivity index (χ0) is 13.3. The minimum atomic E-state index is -0.994. The molecule has 1 saturated carbocycles. The number of piperidine rings is 1. The maximum Gasteiger partial charge on any atom is 0.410 e. The number of amides is 1. The Balaban J connectivity index is 1.81. The molecule has 1 amide bonds. The van der Waals surface area contributed by atoms with Crippen molar-refractivity contribution in [1.82, 2.24) is 10.2 Å². The molecule has 1 saturated heterocycles. The number of hydrogen-bond donors (Lipinski definition) is 1. The van der Waals surface area contributed by atoms with Crippen molar-refractivity contribution in [3.8, 4) is 0 Å². The van der Waals surface area contributed by atoms with Crippen molar-refractivity contribution < 1.29 is 13.9 Å². The fourth-order valence-corrected chi connectivity index (χ4v) is 2.14. The van der Waals surface area contributed by atoms with E-state index in [4.69, 9.17) is 4.74 Å². The van der Waals surface area contributed by atoms with Gasteiger partial charge in [-0.05, 0) is 40.0 Å². The van der Waals surface area contributed by atoms with E-state index < -0.39 is 17.9 Å². The Bertz CT molecular complexity index is 313. The van der Waals surface area contributed by atoms with Crippen molar-refractivity contribution in [3.63, 3.8) is 0 Å².